The van der Waals surface area contributed by atoms with Crippen molar-refractivity contribution < 1.29 is 21.6 Å². The van der Waals surface area contributed by atoms with Gasteiger partial charge >= 0.3 is 0 Å². The first-order chi connectivity index (χ1) is 14.6. The Bertz CT molecular complexity index is 1200. The molecule has 0 aromatic heterocycles. The molecule has 31 heavy (non-hydrogen) atoms. The Hall–Kier alpha value is -2.43. The molecule has 0 bridgehead atoms. The second kappa shape index (κ2) is 7.92. The molecule has 2 aromatic carbocycles. The van der Waals surface area contributed by atoms with Crippen molar-refractivity contribution >= 4 is 37.3 Å². The van der Waals surface area contributed by atoms with Crippen molar-refractivity contribution in [3.63, 3.8) is 0 Å². The molecule has 2 saturated heterocycles. The number of nitrogens with zero attached hydrogens (tertiary/aromatic N) is 3. The molecule has 0 unspecified atom stereocenters. The zero-order valence-electron chi connectivity index (χ0n) is 17.4. The number of sulfonamides is 2. The summed E-state index contributed by atoms with van der Waals surface area (Å²) < 4.78 is 53.4. The lowest BCUT2D eigenvalue weighted by atomic mass is 10.2. The number of para-hydroxylation sites is 1. The van der Waals surface area contributed by atoms with Gasteiger partial charge < -0.3 is 4.90 Å². The summed E-state index contributed by atoms with van der Waals surface area (Å²) in [6, 6.07) is 14.1. The van der Waals surface area contributed by atoms with E-state index in [4.69, 9.17) is 0 Å². The minimum Gasteiger partial charge on any atom is -0.369 e. The fraction of sp³-hybridized carbons (Fsp3) is 0.381. The summed E-state index contributed by atoms with van der Waals surface area (Å²) >= 11 is 0. The van der Waals surface area contributed by atoms with Gasteiger partial charge in [-0.25, -0.2) is 21.1 Å². The molecule has 2 aromatic rings. The summed E-state index contributed by atoms with van der Waals surface area (Å²) in [6.45, 7) is 5.06. The van der Waals surface area contributed by atoms with E-state index < -0.39 is 31.9 Å². The maximum Gasteiger partial charge on any atom is 0.244 e. The van der Waals surface area contributed by atoms with Crippen molar-refractivity contribution in [2.45, 2.75) is 18.7 Å². The van der Waals surface area contributed by atoms with Crippen molar-refractivity contribution in [3.8, 4) is 0 Å². The van der Waals surface area contributed by atoms with E-state index in [9.17, 15) is 21.6 Å². The van der Waals surface area contributed by atoms with Crippen LogP contribution >= 0.6 is 0 Å². The average Bonchev–Trinajstić information content (AvgIpc) is 2.95. The smallest absolute Gasteiger partial charge is 0.244 e. The third kappa shape index (κ3) is 3.95. The highest BCUT2D eigenvalue weighted by atomic mass is 32.2. The van der Waals surface area contributed by atoms with E-state index in [0.717, 1.165) is 9.99 Å². The molecule has 0 radical (unpaired) electrons. The van der Waals surface area contributed by atoms with E-state index in [1.54, 1.807) is 13.8 Å². The molecule has 0 aliphatic carbocycles. The van der Waals surface area contributed by atoms with Crippen LogP contribution in [0.15, 0.2) is 53.4 Å². The molecule has 0 spiro atoms. The second-order valence-corrected chi connectivity index (χ2v) is 11.7. The topological polar surface area (TPSA) is 95.1 Å². The molecule has 4 rings (SSSR count). The number of anilines is 2. The average molecular weight is 464 g/mol. The molecule has 8 nitrogen and oxygen atoms in total. The number of carbonyl (C=O) groups excluding carboxylic acids is 1. The van der Waals surface area contributed by atoms with Crippen LogP contribution in [0, 0.1) is 12.8 Å². The van der Waals surface area contributed by atoms with Crippen LogP contribution in [0.5, 0.6) is 0 Å². The molecule has 1 atom stereocenters. The van der Waals surface area contributed by atoms with Gasteiger partial charge in [0, 0.05) is 31.9 Å². The number of hydrogen-bond donors (Lipinski definition) is 0. The van der Waals surface area contributed by atoms with E-state index in [1.165, 1.54) is 22.5 Å². The number of aryl methyl sites for hydroxylation is 1. The van der Waals surface area contributed by atoms with Crippen LogP contribution in [0.1, 0.15) is 12.5 Å². The summed E-state index contributed by atoms with van der Waals surface area (Å²) in [5.41, 5.74) is 1.65. The molecule has 1 amide bonds. The van der Waals surface area contributed by atoms with Crippen LogP contribution in [-0.2, 0) is 24.8 Å². The number of piperazine rings is 1. The Morgan fingerprint density at radius 1 is 0.935 bits per heavy atom. The van der Waals surface area contributed by atoms with Gasteiger partial charge in [0.25, 0.3) is 0 Å². The van der Waals surface area contributed by atoms with Crippen molar-refractivity contribution in [2.75, 3.05) is 41.1 Å². The van der Waals surface area contributed by atoms with E-state index in [-0.39, 0.29) is 16.3 Å². The Balaban J connectivity index is 1.55. The predicted octanol–water partition coefficient (Wildman–Crippen LogP) is 1.82. The van der Waals surface area contributed by atoms with Crippen molar-refractivity contribution in [2.24, 2.45) is 5.92 Å². The SMILES string of the molecule is Cc1cc(N2C(=O)[C@@H](C)CS2(=O)=O)ccc1S(=O)(=O)N1CCN(c2ccccc2)CC1. The first kappa shape index (κ1) is 21.8. The molecule has 0 saturated carbocycles. The van der Waals surface area contributed by atoms with Crippen LogP contribution < -0.4 is 9.21 Å². The van der Waals surface area contributed by atoms with Crippen molar-refractivity contribution in [3.05, 3.63) is 54.1 Å². The molecule has 166 valence electrons. The van der Waals surface area contributed by atoms with Crippen LogP contribution in [0.25, 0.3) is 0 Å². The van der Waals surface area contributed by atoms with Crippen LogP contribution in [0.3, 0.4) is 0 Å². The standard InChI is InChI=1S/C21H25N3O5S2/c1-16-14-19(24-21(25)17(2)15-30(24,26)27)8-9-20(16)31(28,29)23-12-10-22(11-13-23)18-6-4-3-5-7-18/h3-9,14,17H,10-13,15H2,1-2H3/t17-/m0/s1. The number of rotatable bonds is 4. The maximum atomic E-state index is 13.2. The van der Waals surface area contributed by atoms with Crippen molar-refractivity contribution in [1.29, 1.82) is 0 Å². The van der Waals surface area contributed by atoms with Gasteiger partial charge in [-0.15, -0.1) is 0 Å². The molecule has 10 heteroatoms. The van der Waals surface area contributed by atoms with E-state index in [1.807, 2.05) is 30.3 Å². The second-order valence-electron chi connectivity index (χ2n) is 7.96. The lowest BCUT2D eigenvalue weighted by molar-refractivity contribution is -0.119. The highest BCUT2D eigenvalue weighted by Crippen LogP contribution is 2.32. The first-order valence-corrected chi connectivity index (χ1v) is 13.1. The minimum absolute atomic E-state index is 0.126. The quantitative estimate of drug-likeness (QED) is 0.687. The summed E-state index contributed by atoms with van der Waals surface area (Å²) in [7, 11) is -7.48. The Morgan fingerprint density at radius 2 is 1.58 bits per heavy atom. The summed E-state index contributed by atoms with van der Waals surface area (Å²) in [4.78, 5) is 14.6. The Labute approximate surface area is 183 Å². The van der Waals surface area contributed by atoms with Gasteiger partial charge in [-0.1, -0.05) is 25.1 Å². The van der Waals surface area contributed by atoms with Gasteiger partial charge in [0.05, 0.1) is 22.3 Å². The van der Waals surface area contributed by atoms with Gasteiger partial charge in [-0.2, -0.15) is 4.31 Å². The Kier molecular flexibility index (Phi) is 5.57. The summed E-state index contributed by atoms with van der Waals surface area (Å²) in [5, 5.41) is 0. The van der Waals surface area contributed by atoms with Gasteiger partial charge in [-0.05, 0) is 42.8 Å². The van der Waals surface area contributed by atoms with Gasteiger partial charge in [0.2, 0.25) is 26.0 Å². The molecular formula is C21H25N3O5S2. The molecule has 2 fully saturated rings. The van der Waals surface area contributed by atoms with E-state index in [0.29, 0.717) is 31.7 Å². The highest BCUT2D eigenvalue weighted by molar-refractivity contribution is 7.94. The number of carbonyl (C=O) groups is 1. The number of benzene rings is 2. The molecule has 2 aliphatic heterocycles. The highest BCUT2D eigenvalue weighted by Gasteiger charge is 2.42. The van der Waals surface area contributed by atoms with Crippen molar-refractivity contribution in [1.82, 2.24) is 4.31 Å². The molecule has 2 heterocycles. The zero-order valence-corrected chi connectivity index (χ0v) is 19.1. The molecular weight excluding hydrogens is 438 g/mol. The third-order valence-corrected chi connectivity index (χ3v) is 9.66. The normalized spacial score (nSPS) is 22.1. The summed E-state index contributed by atoms with van der Waals surface area (Å²) in [6.07, 6.45) is 0. The van der Waals surface area contributed by atoms with Gasteiger partial charge in [0.1, 0.15) is 0 Å². The monoisotopic (exact) mass is 463 g/mol. The lowest BCUT2D eigenvalue weighted by Crippen LogP contribution is -2.48. The maximum absolute atomic E-state index is 13.2. The fourth-order valence-corrected chi connectivity index (χ4v) is 7.54. The van der Waals surface area contributed by atoms with Gasteiger partial charge in [-0.3, -0.25) is 4.79 Å². The lowest BCUT2D eigenvalue weighted by Gasteiger charge is -2.35. The largest absolute Gasteiger partial charge is 0.369 e. The number of amides is 1. The third-order valence-electron chi connectivity index (χ3n) is 5.73. The first-order valence-electron chi connectivity index (χ1n) is 10.1. The van der Waals surface area contributed by atoms with Crippen LogP contribution in [0.2, 0.25) is 0 Å². The van der Waals surface area contributed by atoms with Crippen LogP contribution in [-0.4, -0.2) is 59.0 Å². The molecule has 2 aliphatic rings. The fourth-order valence-electron chi connectivity index (χ4n) is 4.10. The van der Waals surface area contributed by atoms with E-state index >= 15 is 0 Å². The zero-order chi connectivity index (χ0) is 22.4. The van der Waals surface area contributed by atoms with E-state index in [2.05, 4.69) is 4.90 Å². The summed E-state index contributed by atoms with van der Waals surface area (Å²) in [5.74, 6) is -1.35. The Morgan fingerprint density at radius 3 is 2.13 bits per heavy atom. The minimum atomic E-state index is -3.74. The van der Waals surface area contributed by atoms with Gasteiger partial charge in [0.15, 0.2) is 0 Å². The molecule has 0 N–H and O–H groups in total. The number of hydrogen-bond acceptors (Lipinski definition) is 6. The predicted molar refractivity (Wildman–Crippen MR) is 119 cm³/mol. The van der Waals surface area contributed by atoms with Crippen LogP contribution in [0.4, 0.5) is 11.4 Å².